The van der Waals surface area contributed by atoms with E-state index in [4.69, 9.17) is 5.73 Å². The quantitative estimate of drug-likeness (QED) is 0.564. The molecule has 0 aromatic rings. The van der Waals surface area contributed by atoms with Crippen molar-refractivity contribution in [3.8, 4) is 0 Å². The molecule has 16 heavy (non-hydrogen) atoms. The average Bonchev–Trinajstić information content (AvgIpc) is 2.23. The zero-order chi connectivity index (χ0) is 11.4. The summed E-state index contributed by atoms with van der Waals surface area (Å²) in [5.41, 5.74) is 5.84. The summed E-state index contributed by atoms with van der Waals surface area (Å²) in [5.74, 6) is -0.691. The molecular formula is C10H20ClNO4. The van der Waals surface area contributed by atoms with E-state index in [0.29, 0.717) is 25.7 Å². The molecule has 0 amide bonds. The van der Waals surface area contributed by atoms with Crippen LogP contribution in [0, 0.1) is 5.92 Å². The predicted molar refractivity (Wildman–Crippen MR) is 61.2 cm³/mol. The van der Waals surface area contributed by atoms with Gasteiger partial charge in [0.05, 0.1) is 25.2 Å². The SMILES string of the molecule is COC(=O)C1CCC(O)C(O)CCC1N.Cl. The highest BCUT2D eigenvalue weighted by atomic mass is 35.5. The minimum absolute atomic E-state index is 0. The number of hydrogen-bond acceptors (Lipinski definition) is 5. The van der Waals surface area contributed by atoms with Crippen molar-refractivity contribution < 1.29 is 19.7 Å². The summed E-state index contributed by atoms with van der Waals surface area (Å²) in [7, 11) is 1.33. The third-order valence-electron chi connectivity index (χ3n) is 3.03. The zero-order valence-corrected chi connectivity index (χ0v) is 10.2. The highest BCUT2D eigenvalue weighted by molar-refractivity contribution is 5.85. The lowest BCUT2D eigenvalue weighted by molar-refractivity contribution is -0.147. The van der Waals surface area contributed by atoms with E-state index in [1.807, 2.05) is 0 Å². The number of esters is 1. The third kappa shape index (κ3) is 3.90. The molecule has 1 saturated carbocycles. The van der Waals surface area contributed by atoms with Crippen LogP contribution >= 0.6 is 12.4 Å². The molecule has 0 aromatic heterocycles. The summed E-state index contributed by atoms with van der Waals surface area (Å²) < 4.78 is 4.66. The fourth-order valence-electron chi connectivity index (χ4n) is 1.96. The second kappa shape index (κ2) is 7.06. The van der Waals surface area contributed by atoms with Crippen molar-refractivity contribution in [2.45, 2.75) is 43.9 Å². The van der Waals surface area contributed by atoms with Gasteiger partial charge in [0, 0.05) is 6.04 Å². The predicted octanol–water partition coefficient (Wildman–Crippen LogP) is -0.180. The summed E-state index contributed by atoms with van der Waals surface area (Å²) in [4.78, 5) is 11.4. The Morgan fingerprint density at radius 1 is 1.19 bits per heavy atom. The molecule has 0 saturated heterocycles. The van der Waals surface area contributed by atoms with Crippen LogP contribution in [-0.4, -0.2) is 41.5 Å². The molecular weight excluding hydrogens is 234 g/mol. The fourth-order valence-corrected chi connectivity index (χ4v) is 1.96. The topological polar surface area (TPSA) is 92.8 Å². The molecule has 6 heteroatoms. The highest BCUT2D eigenvalue weighted by Crippen LogP contribution is 2.23. The maximum Gasteiger partial charge on any atom is 0.310 e. The van der Waals surface area contributed by atoms with Crippen molar-refractivity contribution in [2.24, 2.45) is 11.7 Å². The number of methoxy groups -OCH3 is 1. The maximum absolute atomic E-state index is 11.4. The minimum Gasteiger partial charge on any atom is -0.469 e. The number of carbonyl (C=O) groups excluding carboxylic acids is 1. The molecule has 0 radical (unpaired) electrons. The molecule has 4 N–H and O–H groups in total. The molecule has 1 aliphatic rings. The Hall–Kier alpha value is -0.360. The smallest absolute Gasteiger partial charge is 0.310 e. The first-order valence-electron chi connectivity index (χ1n) is 5.25. The van der Waals surface area contributed by atoms with E-state index in [-0.39, 0.29) is 30.3 Å². The van der Waals surface area contributed by atoms with Crippen LogP contribution in [0.3, 0.4) is 0 Å². The van der Waals surface area contributed by atoms with E-state index in [1.54, 1.807) is 0 Å². The molecule has 4 atom stereocenters. The number of aliphatic hydroxyl groups excluding tert-OH is 2. The van der Waals surface area contributed by atoms with Crippen molar-refractivity contribution in [2.75, 3.05) is 7.11 Å². The monoisotopic (exact) mass is 253 g/mol. The van der Waals surface area contributed by atoms with E-state index in [2.05, 4.69) is 4.74 Å². The molecule has 4 unspecified atom stereocenters. The van der Waals surface area contributed by atoms with Crippen LogP contribution in [0.15, 0.2) is 0 Å². The molecule has 5 nitrogen and oxygen atoms in total. The van der Waals surface area contributed by atoms with E-state index >= 15 is 0 Å². The van der Waals surface area contributed by atoms with E-state index < -0.39 is 12.2 Å². The zero-order valence-electron chi connectivity index (χ0n) is 9.33. The van der Waals surface area contributed by atoms with Crippen LogP contribution in [0.5, 0.6) is 0 Å². The van der Waals surface area contributed by atoms with Gasteiger partial charge in [-0.15, -0.1) is 12.4 Å². The largest absolute Gasteiger partial charge is 0.469 e. The Bertz CT molecular complexity index is 227. The summed E-state index contributed by atoms with van der Waals surface area (Å²) in [6, 6.07) is -0.292. The normalized spacial score (nSPS) is 35.5. The Labute approximate surface area is 101 Å². The van der Waals surface area contributed by atoms with E-state index in [9.17, 15) is 15.0 Å². The molecule has 1 aliphatic carbocycles. The molecule has 0 heterocycles. The number of ether oxygens (including phenoxy) is 1. The molecule has 0 bridgehead atoms. The summed E-state index contributed by atoms with van der Waals surface area (Å²) in [6.45, 7) is 0. The van der Waals surface area contributed by atoms with Crippen molar-refractivity contribution >= 4 is 18.4 Å². The van der Waals surface area contributed by atoms with Gasteiger partial charge in [0.2, 0.25) is 0 Å². The summed E-state index contributed by atoms with van der Waals surface area (Å²) in [6.07, 6.45) is 0.313. The molecule has 0 aromatic carbocycles. The minimum atomic E-state index is -0.760. The molecule has 1 rings (SSSR count). The van der Waals surface area contributed by atoms with Crippen LogP contribution in [0.2, 0.25) is 0 Å². The van der Waals surface area contributed by atoms with Crippen LogP contribution in [-0.2, 0) is 9.53 Å². The number of halogens is 1. The molecule has 0 aliphatic heterocycles. The van der Waals surface area contributed by atoms with Gasteiger partial charge in [-0.05, 0) is 25.7 Å². The Morgan fingerprint density at radius 3 is 2.19 bits per heavy atom. The first-order chi connectivity index (χ1) is 7.06. The second-order valence-corrected chi connectivity index (χ2v) is 4.08. The number of nitrogens with two attached hydrogens (primary N) is 1. The van der Waals surface area contributed by atoms with E-state index in [0.717, 1.165) is 0 Å². The Kier molecular flexibility index (Phi) is 6.90. The molecule has 1 fully saturated rings. The second-order valence-electron chi connectivity index (χ2n) is 4.08. The van der Waals surface area contributed by atoms with Crippen LogP contribution in [0.25, 0.3) is 0 Å². The van der Waals surface area contributed by atoms with Gasteiger partial charge in [-0.2, -0.15) is 0 Å². The molecule has 0 spiro atoms. The van der Waals surface area contributed by atoms with Crippen molar-refractivity contribution in [1.29, 1.82) is 0 Å². The lowest BCUT2D eigenvalue weighted by Crippen LogP contribution is -2.41. The van der Waals surface area contributed by atoms with Crippen LogP contribution < -0.4 is 5.73 Å². The maximum atomic E-state index is 11.4. The van der Waals surface area contributed by atoms with Crippen molar-refractivity contribution in [3.05, 3.63) is 0 Å². The number of aliphatic hydroxyl groups is 2. The van der Waals surface area contributed by atoms with Gasteiger partial charge in [-0.3, -0.25) is 4.79 Å². The summed E-state index contributed by atoms with van der Waals surface area (Å²) >= 11 is 0. The summed E-state index contributed by atoms with van der Waals surface area (Å²) in [5, 5.41) is 19.0. The first kappa shape index (κ1) is 15.6. The third-order valence-corrected chi connectivity index (χ3v) is 3.03. The average molecular weight is 254 g/mol. The first-order valence-corrected chi connectivity index (χ1v) is 5.25. The van der Waals surface area contributed by atoms with Crippen LogP contribution in [0.1, 0.15) is 25.7 Å². The lowest BCUT2D eigenvalue weighted by atomic mass is 9.85. The van der Waals surface area contributed by atoms with Gasteiger partial charge in [-0.25, -0.2) is 0 Å². The van der Waals surface area contributed by atoms with Gasteiger partial charge in [-0.1, -0.05) is 0 Å². The van der Waals surface area contributed by atoms with Crippen molar-refractivity contribution in [3.63, 3.8) is 0 Å². The van der Waals surface area contributed by atoms with Gasteiger partial charge < -0.3 is 20.7 Å². The number of hydrogen-bond donors (Lipinski definition) is 3. The molecule has 96 valence electrons. The number of carbonyl (C=O) groups is 1. The lowest BCUT2D eigenvalue weighted by Gasteiger charge is -2.28. The van der Waals surface area contributed by atoms with Crippen LogP contribution in [0.4, 0.5) is 0 Å². The highest BCUT2D eigenvalue weighted by Gasteiger charge is 2.31. The van der Waals surface area contributed by atoms with Crippen molar-refractivity contribution in [1.82, 2.24) is 0 Å². The van der Waals surface area contributed by atoms with Gasteiger partial charge in [0.15, 0.2) is 0 Å². The standard InChI is InChI=1S/C10H19NO4.ClH/c1-15-10(14)6-2-4-8(12)9(13)5-3-7(6)11;/h6-9,12-13H,2-5,11H2,1H3;1H. The van der Waals surface area contributed by atoms with Gasteiger partial charge in [0.25, 0.3) is 0 Å². The Morgan fingerprint density at radius 2 is 1.69 bits per heavy atom. The van der Waals surface area contributed by atoms with E-state index in [1.165, 1.54) is 7.11 Å². The van der Waals surface area contributed by atoms with Gasteiger partial charge >= 0.3 is 5.97 Å². The van der Waals surface area contributed by atoms with Gasteiger partial charge in [0.1, 0.15) is 0 Å². The Balaban J connectivity index is 0.00000225. The number of rotatable bonds is 1. The fraction of sp³-hybridized carbons (Fsp3) is 0.900.